The molecular weight excluding hydrogens is 276 g/mol. The van der Waals surface area contributed by atoms with E-state index in [0.717, 1.165) is 29.6 Å². The summed E-state index contributed by atoms with van der Waals surface area (Å²) >= 11 is 6.42. The van der Waals surface area contributed by atoms with Crippen LogP contribution >= 0.6 is 11.6 Å². The summed E-state index contributed by atoms with van der Waals surface area (Å²) in [6.45, 7) is 2.32. The van der Waals surface area contributed by atoms with Crippen LogP contribution in [0.25, 0.3) is 0 Å². The molecule has 0 saturated heterocycles. The number of rotatable bonds is 5. The Labute approximate surface area is 137 Å². The highest BCUT2D eigenvalue weighted by Crippen LogP contribution is 2.53. The Morgan fingerprint density at radius 2 is 1.48 bits per heavy atom. The maximum atomic E-state index is 6.42. The van der Waals surface area contributed by atoms with Crippen LogP contribution in [0.5, 0.6) is 0 Å². The van der Waals surface area contributed by atoms with Crippen LogP contribution < -0.4 is 0 Å². The van der Waals surface area contributed by atoms with Crippen LogP contribution in [0.15, 0.2) is 0 Å². The summed E-state index contributed by atoms with van der Waals surface area (Å²) in [5.41, 5.74) is 0. The summed E-state index contributed by atoms with van der Waals surface area (Å²) in [5.74, 6) is 5.29. The second-order valence-corrected chi connectivity index (χ2v) is 8.98. The Morgan fingerprint density at radius 3 is 2.24 bits per heavy atom. The lowest BCUT2D eigenvalue weighted by Gasteiger charge is -2.50. The largest absolute Gasteiger partial charge is 0.123 e. The molecule has 3 aliphatic carbocycles. The molecule has 0 nitrogen and oxygen atoms in total. The minimum atomic E-state index is 0.498. The number of alkyl halides is 1. The lowest BCUT2D eigenvalue weighted by Crippen LogP contribution is -2.41. The molecule has 0 heterocycles. The Balaban J connectivity index is 1.47. The standard InChI is InChI=1S/C20H35Cl/c1-2-3-4-5-6-15-7-11-19-16(13-15)8-9-17-14-18(21)10-12-20(17)19/h15-20H,2-14H2,1H3. The van der Waals surface area contributed by atoms with E-state index in [-0.39, 0.29) is 0 Å². The lowest BCUT2D eigenvalue weighted by molar-refractivity contribution is 0.0110. The van der Waals surface area contributed by atoms with Crippen molar-refractivity contribution < 1.29 is 0 Å². The van der Waals surface area contributed by atoms with Gasteiger partial charge in [0, 0.05) is 5.38 Å². The molecule has 6 unspecified atom stereocenters. The Hall–Kier alpha value is 0.290. The summed E-state index contributed by atoms with van der Waals surface area (Å²) in [6, 6.07) is 0. The van der Waals surface area contributed by atoms with Crippen molar-refractivity contribution in [2.45, 2.75) is 95.8 Å². The minimum Gasteiger partial charge on any atom is -0.123 e. The van der Waals surface area contributed by atoms with Gasteiger partial charge in [-0.3, -0.25) is 0 Å². The van der Waals surface area contributed by atoms with Crippen LogP contribution in [0.1, 0.15) is 90.4 Å². The van der Waals surface area contributed by atoms with Crippen LogP contribution in [-0.4, -0.2) is 5.38 Å². The number of hydrogen-bond acceptors (Lipinski definition) is 0. The first kappa shape index (κ1) is 16.2. The van der Waals surface area contributed by atoms with E-state index in [1.54, 1.807) is 19.3 Å². The van der Waals surface area contributed by atoms with E-state index in [9.17, 15) is 0 Å². The second-order valence-electron chi connectivity index (χ2n) is 8.36. The van der Waals surface area contributed by atoms with E-state index in [0.29, 0.717) is 5.38 Å². The molecule has 0 aromatic rings. The van der Waals surface area contributed by atoms with Crippen LogP contribution in [0.3, 0.4) is 0 Å². The molecule has 3 fully saturated rings. The average molecular weight is 311 g/mol. The van der Waals surface area contributed by atoms with E-state index in [4.69, 9.17) is 11.6 Å². The van der Waals surface area contributed by atoms with Gasteiger partial charge in [0.05, 0.1) is 0 Å². The Kier molecular flexibility index (Phi) is 5.93. The van der Waals surface area contributed by atoms with Gasteiger partial charge in [0.15, 0.2) is 0 Å². The highest BCUT2D eigenvalue weighted by Gasteiger charge is 2.44. The molecular formula is C20H35Cl. The summed E-state index contributed by atoms with van der Waals surface area (Å²) in [4.78, 5) is 0. The first-order valence-corrected chi connectivity index (χ1v) is 10.4. The van der Waals surface area contributed by atoms with Crippen molar-refractivity contribution in [2.24, 2.45) is 29.6 Å². The van der Waals surface area contributed by atoms with Crippen molar-refractivity contribution in [3.63, 3.8) is 0 Å². The highest BCUT2D eigenvalue weighted by atomic mass is 35.5. The zero-order valence-corrected chi connectivity index (χ0v) is 14.8. The normalized spacial score (nSPS) is 43.1. The number of fused-ring (bicyclic) bond motifs is 3. The molecule has 0 bridgehead atoms. The number of hydrogen-bond donors (Lipinski definition) is 0. The fraction of sp³-hybridized carbons (Fsp3) is 1.00. The summed E-state index contributed by atoms with van der Waals surface area (Å²) < 4.78 is 0. The molecule has 1 heteroatoms. The van der Waals surface area contributed by atoms with Crippen LogP contribution in [0.4, 0.5) is 0 Å². The molecule has 6 atom stereocenters. The third-order valence-electron chi connectivity index (χ3n) is 7.05. The fourth-order valence-electron chi connectivity index (χ4n) is 5.96. The first-order valence-electron chi connectivity index (χ1n) is 9.92. The maximum Gasteiger partial charge on any atom is 0.0338 e. The van der Waals surface area contributed by atoms with E-state index >= 15 is 0 Å². The summed E-state index contributed by atoms with van der Waals surface area (Å²) in [6.07, 6.45) is 19.1. The Morgan fingerprint density at radius 1 is 0.762 bits per heavy atom. The lowest BCUT2D eigenvalue weighted by atomic mass is 9.56. The molecule has 21 heavy (non-hydrogen) atoms. The molecule has 0 radical (unpaired) electrons. The minimum absolute atomic E-state index is 0.498. The predicted octanol–water partition coefficient (Wildman–Crippen LogP) is 6.81. The molecule has 3 rings (SSSR count). The zero-order chi connectivity index (χ0) is 14.7. The van der Waals surface area contributed by atoms with Gasteiger partial charge in [-0.05, 0) is 74.5 Å². The quantitative estimate of drug-likeness (QED) is 0.386. The third kappa shape index (κ3) is 3.98. The van der Waals surface area contributed by atoms with E-state index in [2.05, 4.69) is 6.92 Å². The molecule has 0 amide bonds. The third-order valence-corrected chi connectivity index (χ3v) is 7.45. The summed E-state index contributed by atoms with van der Waals surface area (Å²) in [5, 5.41) is 0.498. The van der Waals surface area contributed by atoms with Gasteiger partial charge in [0.1, 0.15) is 0 Å². The SMILES string of the molecule is CCCCCCC1CCC2C(CCC3CC(Cl)CCC32)C1. The van der Waals surface area contributed by atoms with Gasteiger partial charge in [-0.2, -0.15) is 0 Å². The molecule has 0 aromatic heterocycles. The topological polar surface area (TPSA) is 0 Å². The van der Waals surface area contributed by atoms with Gasteiger partial charge < -0.3 is 0 Å². The predicted molar refractivity (Wildman–Crippen MR) is 92.8 cm³/mol. The smallest absolute Gasteiger partial charge is 0.0338 e. The average Bonchev–Trinajstić information content (AvgIpc) is 2.51. The van der Waals surface area contributed by atoms with E-state index in [1.807, 2.05) is 0 Å². The van der Waals surface area contributed by atoms with Crippen molar-refractivity contribution in [2.75, 3.05) is 0 Å². The molecule has 0 aromatic carbocycles. The van der Waals surface area contributed by atoms with Crippen molar-refractivity contribution in [1.82, 2.24) is 0 Å². The van der Waals surface area contributed by atoms with Gasteiger partial charge in [0.2, 0.25) is 0 Å². The van der Waals surface area contributed by atoms with Gasteiger partial charge >= 0.3 is 0 Å². The van der Waals surface area contributed by atoms with E-state index < -0.39 is 0 Å². The van der Waals surface area contributed by atoms with Gasteiger partial charge in [-0.1, -0.05) is 45.4 Å². The van der Waals surface area contributed by atoms with Crippen molar-refractivity contribution in [3.8, 4) is 0 Å². The maximum absolute atomic E-state index is 6.42. The zero-order valence-electron chi connectivity index (χ0n) is 14.0. The van der Waals surface area contributed by atoms with Gasteiger partial charge in [-0.25, -0.2) is 0 Å². The monoisotopic (exact) mass is 310 g/mol. The highest BCUT2D eigenvalue weighted by molar-refractivity contribution is 6.20. The van der Waals surface area contributed by atoms with Gasteiger partial charge in [0.25, 0.3) is 0 Å². The second kappa shape index (κ2) is 7.71. The molecule has 3 aliphatic rings. The van der Waals surface area contributed by atoms with Crippen LogP contribution in [-0.2, 0) is 0 Å². The van der Waals surface area contributed by atoms with Crippen molar-refractivity contribution in [3.05, 3.63) is 0 Å². The van der Waals surface area contributed by atoms with Crippen LogP contribution in [0.2, 0.25) is 0 Å². The fourth-order valence-corrected chi connectivity index (χ4v) is 6.31. The molecule has 0 aliphatic heterocycles. The van der Waals surface area contributed by atoms with Crippen molar-refractivity contribution in [1.29, 1.82) is 0 Å². The van der Waals surface area contributed by atoms with Crippen molar-refractivity contribution >= 4 is 11.6 Å². The molecule has 3 saturated carbocycles. The number of unbranched alkanes of at least 4 members (excludes halogenated alkanes) is 3. The molecule has 122 valence electrons. The van der Waals surface area contributed by atoms with E-state index in [1.165, 1.54) is 64.2 Å². The molecule has 0 N–H and O–H groups in total. The summed E-state index contributed by atoms with van der Waals surface area (Å²) in [7, 11) is 0. The first-order chi connectivity index (χ1) is 10.3. The van der Waals surface area contributed by atoms with Crippen LogP contribution in [0, 0.1) is 29.6 Å². The number of halogens is 1. The van der Waals surface area contributed by atoms with Gasteiger partial charge in [-0.15, -0.1) is 11.6 Å². The Bertz CT molecular complexity index is 313. The molecule has 0 spiro atoms.